The van der Waals surface area contributed by atoms with Crippen molar-refractivity contribution >= 4 is 5.69 Å². The molecule has 1 aliphatic rings. The summed E-state index contributed by atoms with van der Waals surface area (Å²) in [5.74, 6) is 0.767. The molecule has 2 atom stereocenters. The van der Waals surface area contributed by atoms with Gasteiger partial charge in [0.2, 0.25) is 0 Å². The first-order chi connectivity index (χ1) is 10.7. The number of benzene rings is 1. The van der Waals surface area contributed by atoms with Crippen molar-refractivity contribution < 1.29 is 4.74 Å². The van der Waals surface area contributed by atoms with Crippen LogP contribution in [0.1, 0.15) is 32.6 Å². The highest BCUT2D eigenvalue weighted by molar-refractivity contribution is 5.59. The molecule has 1 saturated heterocycles. The summed E-state index contributed by atoms with van der Waals surface area (Å²) < 4.78 is 7.53. The van der Waals surface area contributed by atoms with Crippen molar-refractivity contribution in [3.63, 3.8) is 0 Å². The Labute approximate surface area is 131 Å². The van der Waals surface area contributed by atoms with Crippen molar-refractivity contribution in [1.82, 2.24) is 14.8 Å². The predicted octanol–water partition coefficient (Wildman–Crippen LogP) is 3.24. The second-order valence-corrected chi connectivity index (χ2v) is 5.97. The molecule has 1 aromatic heterocycles. The highest BCUT2D eigenvalue weighted by Crippen LogP contribution is 2.23. The van der Waals surface area contributed by atoms with Gasteiger partial charge < -0.3 is 10.1 Å². The highest BCUT2D eigenvalue weighted by Gasteiger charge is 2.21. The molecule has 0 aliphatic carbocycles. The third-order valence-electron chi connectivity index (χ3n) is 4.09. The van der Waals surface area contributed by atoms with Gasteiger partial charge in [-0.15, -0.1) is 0 Å². The predicted molar refractivity (Wildman–Crippen MR) is 87.7 cm³/mol. The van der Waals surface area contributed by atoms with Gasteiger partial charge in [0.15, 0.2) is 5.82 Å². The lowest BCUT2D eigenvalue weighted by atomic mass is 10.00. The molecule has 22 heavy (non-hydrogen) atoms. The van der Waals surface area contributed by atoms with Gasteiger partial charge in [-0.25, -0.2) is 4.98 Å². The molecule has 0 spiro atoms. The first-order valence-electron chi connectivity index (χ1n) is 8.09. The van der Waals surface area contributed by atoms with Crippen molar-refractivity contribution in [2.75, 3.05) is 11.9 Å². The van der Waals surface area contributed by atoms with E-state index in [1.54, 1.807) is 11.0 Å². The first kappa shape index (κ1) is 15.0. The number of anilines is 1. The van der Waals surface area contributed by atoms with E-state index in [0.717, 1.165) is 42.9 Å². The highest BCUT2D eigenvalue weighted by atomic mass is 16.5. The third kappa shape index (κ3) is 3.65. The standard InChI is InChI=1S/C17H24N4O/c1-3-4-16-11-15(9-10-22-16)19-14-7-5-13(6-8-14)17-18-12-21(2)20-17/h5-8,12,15-16,19H,3-4,9-11H2,1-2H3/t15-,16+/m0/s1. The largest absolute Gasteiger partial charge is 0.382 e. The normalized spacial score (nSPS) is 21.7. The van der Waals surface area contributed by atoms with Crippen molar-refractivity contribution in [2.24, 2.45) is 7.05 Å². The molecule has 5 nitrogen and oxygen atoms in total. The summed E-state index contributed by atoms with van der Waals surface area (Å²) in [5.41, 5.74) is 2.20. The van der Waals surface area contributed by atoms with E-state index in [-0.39, 0.29) is 0 Å². The lowest BCUT2D eigenvalue weighted by molar-refractivity contribution is 0.00598. The third-order valence-corrected chi connectivity index (χ3v) is 4.09. The molecule has 2 heterocycles. The van der Waals surface area contributed by atoms with E-state index in [2.05, 4.69) is 46.6 Å². The number of rotatable bonds is 5. The van der Waals surface area contributed by atoms with Gasteiger partial charge in [-0.3, -0.25) is 4.68 Å². The van der Waals surface area contributed by atoms with Crippen LogP contribution in [0.4, 0.5) is 5.69 Å². The van der Waals surface area contributed by atoms with Gasteiger partial charge in [0.25, 0.3) is 0 Å². The van der Waals surface area contributed by atoms with E-state index in [4.69, 9.17) is 4.74 Å². The van der Waals surface area contributed by atoms with Gasteiger partial charge in [-0.2, -0.15) is 5.10 Å². The molecule has 0 amide bonds. The average molecular weight is 300 g/mol. The monoisotopic (exact) mass is 300 g/mol. The minimum absolute atomic E-state index is 0.410. The number of ether oxygens (including phenoxy) is 1. The maximum atomic E-state index is 5.81. The molecule has 3 rings (SSSR count). The minimum Gasteiger partial charge on any atom is -0.382 e. The van der Waals surface area contributed by atoms with Crippen LogP contribution < -0.4 is 5.32 Å². The van der Waals surface area contributed by atoms with Crippen LogP contribution in [0, 0.1) is 0 Å². The van der Waals surface area contributed by atoms with Crippen molar-refractivity contribution in [1.29, 1.82) is 0 Å². The number of hydrogen-bond donors (Lipinski definition) is 1. The van der Waals surface area contributed by atoms with E-state index in [0.29, 0.717) is 12.1 Å². The summed E-state index contributed by atoms with van der Waals surface area (Å²) in [5, 5.41) is 7.95. The number of nitrogens with zero attached hydrogens (tertiary/aromatic N) is 3. The van der Waals surface area contributed by atoms with Crippen LogP contribution in [-0.2, 0) is 11.8 Å². The summed E-state index contributed by atoms with van der Waals surface area (Å²) in [6.45, 7) is 3.07. The van der Waals surface area contributed by atoms with Gasteiger partial charge in [0, 0.05) is 30.9 Å². The molecule has 1 N–H and O–H groups in total. The zero-order chi connectivity index (χ0) is 15.4. The molecule has 118 valence electrons. The van der Waals surface area contributed by atoms with E-state index >= 15 is 0 Å². The lowest BCUT2D eigenvalue weighted by Crippen LogP contribution is -2.33. The van der Waals surface area contributed by atoms with E-state index < -0.39 is 0 Å². The van der Waals surface area contributed by atoms with Crippen molar-refractivity contribution in [3.05, 3.63) is 30.6 Å². The number of aryl methyl sites for hydroxylation is 1. The molecule has 1 fully saturated rings. The maximum Gasteiger partial charge on any atom is 0.181 e. The van der Waals surface area contributed by atoms with Gasteiger partial charge in [0.1, 0.15) is 6.33 Å². The number of aromatic nitrogens is 3. The van der Waals surface area contributed by atoms with E-state index in [1.807, 2.05) is 7.05 Å². The SMILES string of the molecule is CCC[C@@H]1C[C@@H](Nc2ccc(-c3ncn(C)n3)cc2)CCO1. The summed E-state index contributed by atoms with van der Waals surface area (Å²) in [7, 11) is 1.88. The number of nitrogens with one attached hydrogen (secondary N) is 1. The number of hydrogen-bond acceptors (Lipinski definition) is 4. The molecular weight excluding hydrogens is 276 g/mol. The Kier molecular flexibility index (Phi) is 4.73. The maximum absolute atomic E-state index is 5.81. The molecular formula is C17H24N4O. The van der Waals surface area contributed by atoms with Gasteiger partial charge in [-0.05, 0) is 43.5 Å². The zero-order valence-electron chi connectivity index (χ0n) is 13.3. The van der Waals surface area contributed by atoms with Gasteiger partial charge >= 0.3 is 0 Å². The van der Waals surface area contributed by atoms with Crippen LogP contribution in [0.25, 0.3) is 11.4 Å². The van der Waals surface area contributed by atoms with Crippen molar-refractivity contribution in [3.8, 4) is 11.4 Å². The van der Waals surface area contributed by atoms with Crippen LogP contribution in [-0.4, -0.2) is 33.5 Å². The summed E-state index contributed by atoms with van der Waals surface area (Å²) in [4.78, 5) is 4.28. The average Bonchev–Trinajstić information content (AvgIpc) is 2.95. The zero-order valence-corrected chi connectivity index (χ0v) is 13.3. The Morgan fingerprint density at radius 2 is 2.14 bits per heavy atom. The van der Waals surface area contributed by atoms with Crippen molar-refractivity contribution in [2.45, 2.75) is 44.8 Å². The summed E-state index contributed by atoms with van der Waals surface area (Å²) >= 11 is 0. The molecule has 0 unspecified atom stereocenters. The Morgan fingerprint density at radius 3 is 2.82 bits per heavy atom. The molecule has 0 bridgehead atoms. The Hall–Kier alpha value is -1.88. The fraction of sp³-hybridized carbons (Fsp3) is 0.529. The molecule has 0 saturated carbocycles. The van der Waals surface area contributed by atoms with E-state index in [1.165, 1.54) is 6.42 Å². The first-order valence-corrected chi connectivity index (χ1v) is 8.09. The van der Waals surface area contributed by atoms with Crippen LogP contribution in [0.2, 0.25) is 0 Å². The minimum atomic E-state index is 0.410. The van der Waals surface area contributed by atoms with Gasteiger partial charge in [0.05, 0.1) is 6.10 Å². The summed E-state index contributed by atoms with van der Waals surface area (Å²) in [6, 6.07) is 8.86. The van der Waals surface area contributed by atoms with Crippen LogP contribution in [0.5, 0.6) is 0 Å². The lowest BCUT2D eigenvalue weighted by Gasteiger charge is -2.30. The summed E-state index contributed by atoms with van der Waals surface area (Å²) in [6.07, 6.45) is 6.64. The Bertz CT molecular complexity index is 591. The van der Waals surface area contributed by atoms with Crippen LogP contribution >= 0.6 is 0 Å². The second kappa shape index (κ2) is 6.92. The van der Waals surface area contributed by atoms with E-state index in [9.17, 15) is 0 Å². The smallest absolute Gasteiger partial charge is 0.181 e. The topological polar surface area (TPSA) is 52.0 Å². The van der Waals surface area contributed by atoms with Crippen LogP contribution in [0.3, 0.4) is 0 Å². The van der Waals surface area contributed by atoms with Gasteiger partial charge in [-0.1, -0.05) is 13.3 Å². The molecule has 1 aliphatic heterocycles. The van der Waals surface area contributed by atoms with Crippen LogP contribution in [0.15, 0.2) is 30.6 Å². The molecule has 5 heteroatoms. The molecule has 1 aromatic carbocycles. The fourth-order valence-corrected chi connectivity index (χ4v) is 2.96. The molecule has 2 aromatic rings. The molecule has 0 radical (unpaired) electrons. The quantitative estimate of drug-likeness (QED) is 0.921. The Morgan fingerprint density at radius 1 is 1.32 bits per heavy atom. The fourth-order valence-electron chi connectivity index (χ4n) is 2.96. The Balaban J connectivity index is 1.61. The second-order valence-electron chi connectivity index (χ2n) is 5.97.